The molecule has 7 heteroatoms. The van der Waals surface area contributed by atoms with Gasteiger partial charge in [0.15, 0.2) is 0 Å². The number of nitrogens with one attached hydrogen (secondary N) is 2. The van der Waals surface area contributed by atoms with Gasteiger partial charge in [0.2, 0.25) is 0 Å². The maximum atomic E-state index is 13.5. The summed E-state index contributed by atoms with van der Waals surface area (Å²) in [6.45, 7) is 6.15. The fraction of sp³-hybridized carbons (Fsp3) is 0.630. The fourth-order valence-corrected chi connectivity index (χ4v) is 6.36. The Hall–Kier alpha value is -1.83. The molecule has 186 valence electrons. The molecule has 3 heterocycles. The molecule has 2 fully saturated rings. The monoisotopic (exact) mass is 475 g/mol. The SMILES string of the molecule is CCN1CCC[C@@H]1CNC[C@H]1CC[C@@H]2[C@H](O1)c1cc(C(F)(F)F)ccc1N[C@H]2C1C=CC=CC1. The third-order valence-corrected chi connectivity index (χ3v) is 8.15. The lowest BCUT2D eigenvalue weighted by Gasteiger charge is -2.48. The molecular weight excluding hydrogens is 439 g/mol. The average Bonchev–Trinajstić information content (AvgIpc) is 3.30. The van der Waals surface area contributed by atoms with Crippen molar-refractivity contribution in [2.45, 2.75) is 69.5 Å². The van der Waals surface area contributed by atoms with Crippen LogP contribution in [0.15, 0.2) is 42.5 Å². The van der Waals surface area contributed by atoms with Crippen molar-refractivity contribution in [3.05, 3.63) is 53.6 Å². The van der Waals surface area contributed by atoms with Crippen molar-refractivity contribution >= 4 is 5.69 Å². The second-order valence-corrected chi connectivity index (χ2v) is 10.2. The number of benzene rings is 1. The van der Waals surface area contributed by atoms with Crippen LogP contribution in [0.25, 0.3) is 0 Å². The van der Waals surface area contributed by atoms with Crippen LogP contribution < -0.4 is 10.6 Å². The third kappa shape index (κ3) is 4.93. The minimum atomic E-state index is -4.36. The Morgan fingerprint density at radius 3 is 2.79 bits per heavy atom. The molecule has 6 atom stereocenters. The molecule has 0 amide bonds. The Morgan fingerprint density at radius 1 is 1.15 bits per heavy atom. The first-order valence-electron chi connectivity index (χ1n) is 12.8. The van der Waals surface area contributed by atoms with Crippen LogP contribution in [0.4, 0.5) is 18.9 Å². The van der Waals surface area contributed by atoms with Gasteiger partial charge in [0.25, 0.3) is 0 Å². The number of hydrogen-bond acceptors (Lipinski definition) is 4. The van der Waals surface area contributed by atoms with E-state index in [0.717, 1.165) is 44.6 Å². The Morgan fingerprint density at radius 2 is 2.03 bits per heavy atom. The summed E-state index contributed by atoms with van der Waals surface area (Å²) in [5.74, 6) is 0.465. The van der Waals surface area contributed by atoms with Crippen molar-refractivity contribution in [3.8, 4) is 0 Å². The highest BCUT2D eigenvalue weighted by Gasteiger charge is 2.45. The Bertz CT molecular complexity index is 915. The maximum Gasteiger partial charge on any atom is 0.416 e. The predicted octanol–water partition coefficient (Wildman–Crippen LogP) is 5.54. The van der Waals surface area contributed by atoms with Crippen LogP contribution in [-0.2, 0) is 10.9 Å². The van der Waals surface area contributed by atoms with E-state index in [4.69, 9.17) is 4.74 Å². The van der Waals surface area contributed by atoms with E-state index in [1.54, 1.807) is 6.07 Å². The molecule has 0 aromatic heterocycles. The number of allylic oxidation sites excluding steroid dienone is 3. The van der Waals surface area contributed by atoms with E-state index in [9.17, 15) is 13.2 Å². The smallest absolute Gasteiger partial charge is 0.381 e. The van der Waals surface area contributed by atoms with Gasteiger partial charge in [-0.2, -0.15) is 13.2 Å². The van der Waals surface area contributed by atoms with Crippen molar-refractivity contribution in [1.29, 1.82) is 0 Å². The van der Waals surface area contributed by atoms with Crippen molar-refractivity contribution in [2.24, 2.45) is 11.8 Å². The van der Waals surface area contributed by atoms with Crippen LogP contribution in [0.3, 0.4) is 0 Å². The number of likely N-dealkylation sites (tertiary alicyclic amines) is 1. The standard InChI is InChI=1S/C27H36F3N3O/c1-2-33-14-6-9-20(33)16-31-17-21-11-12-22-25(18-7-4-3-5-8-18)32-24-13-10-19(27(28,29)30)15-23(24)26(22)34-21/h3-5,7,10,13,15,18,20-22,25-26,31-32H,2,6,8-9,11-12,14,16-17H2,1H3/t18?,20-,21-,22+,25+,26+/m1/s1. The Labute approximate surface area is 200 Å². The highest BCUT2D eigenvalue weighted by molar-refractivity contribution is 5.58. The fourth-order valence-electron chi connectivity index (χ4n) is 6.36. The molecular formula is C27H36F3N3O. The summed E-state index contributed by atoms with van der Waals surface area (Å²) in [5.41, 5.74) is 0.833. The highest BCUT2D eigenvalue weighted by Crippen LogP contribution is 2.49. The number of likely N-dealkylation sites (N-methyl/N-ethyl adjacent to an activating group) is 1. The summed E-state index contributed by atoms with van der Waals surface area (Å²) in [5, 5.41) is 7.21. The zero-order chi connectivity index (χ0) is 23.7. The minimum absolute atomic E-state index is 0.0145. The van der Waals surface area contributed by atoms with Crippen molar-refractivity contribution in [2.75, 3.05) is 31.5 Å². The molecule has 34 heavy (non-hydrogen) atoms. The van der Waals surface area contributed by atoms with Crippen LogP contribution in [0, 0.1) is 11.8 Å². The molecule has 2 saturated heterocycles. The minimum Gasteiger partial charge on any atom is -0.381 e. The molecule has 1 unspecified atom stereocenters. The highest BCUT2D eigenvalue weighted by atomic mass is 19.4. The molecule has 3 aliphatic heterocycles. The largest absolute Gasteiger partial charge is 0.416 e. The number of fused-ring (bicyclic) bond motifs is 3. The van der Waals surface area contributed by atoms with Gasteiger partial charge in [-0.3, -0.25) is 4.90 Å². The molecule has 4 nitrogen and oxygen atoms in total. The number of alkyl halides is 3. The summed E-state index contributed by atoms with van der Waals surface area (Å²) in [6, 6.07) is 4.81. The zero-order valence-electron chi connectivity index (χ0n) is 19.9. The summed E-state index contributed by atoms with van der Waals surface area (Å²) >= 11 is 0. The van der Waals surface area contributed by atoms with Gasteiger partial charge in [0.05, 0.1) is 17.8 Å². The summed E-state index contributed by atoms with van der Waals surface area (Å²) in [6.07, 6.45) is 9.15. The van der Waals surface area contributed by atoms with E-state index in [0.29, 0.717) is 17.5 Å². The topological polar surface area (TPSA) is 36.5 Å². The second-order valence-electron chi connectivity index (χ2n) is 10.2. The third-order valence-electron chi connectivity index (χ3n) is 8.15. The molecule has 0 bridgehead atoms. The van der Waals surface area contributed by atoms with E-state index in [2.05, 4.69) is 46.8 Å². The zero-order valence-corrected chi connectivity index (χ0v) is 19.9. The second kappa shape index (κ2) is 10.0. The van der Waals surface area contributed by atoms with Crippen molar-refractivity contribution in [1.82, 2.24) is 10.2 Å². The lowest BCUT2D eigenvalue weighted by Crippen LogP contribution is -2.49. The Kier molecular flexibility index (Phi) is 7.05. The van der Waals surface area contributed by atoms with E-state index in [-0.39, 0.29) is 24.2 Å². The van der Waals surface area contributed by atoms with Crippen molar-refractivity contribution < 1.29 is 17.9 Å². The van der Waals surface area contributed by atoms with E-state index < -0.39 is 11.7 Å². The first-order valence-corrected chi connectivity index (χ1v) is 12.8. The summed E-state index contributed by atoms with van der Waals surface area (Å²) in [7, 11) is 0. The van der Waals surface area contributed by atoms with Gasteiger partial charge in [-0.25, -0.2) is 0 Å². The molecule has 1 aromatic rings. The normalized spacial score (nSPS) is 33.4. The summed E-state index contributed by atoms with van der Waals surface area (Å²) < 4.78 is 47.1. The van der Waals surface area contributed by atoms with E-state index >= 15 is 0 Å². The van der Waals surface area contributed by atoms with Gasteiger partial charge in [0.1, 0.15) is 0 Å². The van der Waals surface area contributed by atoms with Gasteiger partial charge >= 0.3 is 6.18 Å². The number of hydrogen-bond donors (Lipinski definition) is 2. The Balaban J connectivity index is 1.32. The quantitative estimate of drug-likeness (QED) is 0.566. The van der Waals surface area contributed by atoms with Gasteiger partial charge < -0.3 is 15.4 Å². The van der Waals surface area contributed by atoms with Gasteiger partial charge in [-0.05, 0) is 63.4 Å². The molecule has 0 radical (unpaired) electrons. The number of anilines is 1. The molecule has 5 rings (SSSR count). The predicted molar refractivity (Wildman–Crippen MR) is 129 cm³/mol. The number of halogens is 3. The van der Waals surface area contributed by atoms with Gasteiger partial charge in [-0.1, -0.05) is 31.2 Å². The number of nitrogens with zero attached hydrogens (tertiary/aromatic N) is 1. The van der Waals surface area contributed by atoms with Crippen LogP contribution in [0.5, 0.6) is 0 Å². The number of rotatable bonds is 6. The van der Waals surface area contributed by atoms with Gasteiger partial charge in [-0.15, -0.1) is 0 Å². The molecule has 0 saturated carbocycles. The molecule has 2 N–H and O–H groups in total. The molecule has 0 spiro atoms. The van der Waals surface area contributed by atoms with Crippen LogP contribution in [0.1, 0.15) is 56.3 Å². The van der Waals surface area contributed by atoms with Crippen LogP contribution >= 0.6 is 0 Å². The molecule has 4 aliphatic rings. The number of ether oxygens (including phenoxy) is 1. The molecule has 1 aromatic carbocycles. The van der Waals surface area contributed by atoms with Crippen LogP contribution in [-0.4, -0.2) is 49.3 Å². The van der Waals surface area contributed by atoms with E-state index in [1.165, 1.54) is 31.5 Å². The molecule has 1 aliphatic carbocycles. The maximum absolute atomic E-state index is 13.5. The van der Waals surface area contributed by atoms with Crippen molar-refractivity contribution in [3.63, 3.8) is 0 Å². The average molecular weight is 476 g/mol. The lowest BCUT2D eigenvalue weighted by molar-refractivity contribution is -0.138. The lowest BCUT2D eigenvalue weighted by atomic mass is 9.73. The first-order chi connectivity index (χ1) is 16.4. The first kappa shape index (κ1) is 23.9. The van der Waals surface area contributed by atoms with Gasteiger partial charge in [0, 0.05) is 48.3 Å². The summed E-state index contributed by atoms with van der Waals surface area (Å²) in [4.78, 5) is 2.52. The van der Waals surface area contributed by atoms with Crippen LogP contribution in [0.2, 0.25) is 0 Å². The van der Waals surface area contributed by atoms with E-state index in [1.807, 2.05) is 0 Å².